The molecule has 0 spiro atoms. The Hall–Kier alpha value is -0.860. The molecule has 1 N–H and O–H groups in total. The fourth-order valence-electron chi connectivity index (χ4n) is 2.20. The maximum atomic E-state index is 10.2. The molecule has 0 amide bonds. The summed E-state index contributed by atoms with van der Waals surface area (Å²) in [5, 5.41) is 13.6. The molecule has 0 fully saturated rings. The van der Waals surface area contributed by atoms with Gasteiger partial charge in [0.15, 0.2) is 0 Å². The Morgan fingerprint density at radius 1 is 1.18 bits per heavy atom. The minimum atomic E-state index is -0.297. The molecule has 0 aliphatic heterocycles. The summed E-state index contributed by atoms with van der Waals surface area (Å²) in [7, 11) is 0. The van der Waals surface area contributed by atoms with Crippen molar-refractivity contribution in [2.24, 2.45) is 0 Å². The molecule has 0 radical (unpaired) electrons. The van der Waals surface area contributed by atoms with E-state index in [1.807, 2.05) is 6.07 Å². The van der Waals surface area contributed by atoms with Crippen LogP contribution in [0.1, 0.15) is 50.7 Å². The molecule has 1 aromatic carbocycles. The van der Waals surface area contributed by atoms with Crippen molar-refractivity contribution in [1.29, 1.82) is 0 Å². The maximum Gasteiger partial charge on any atom is 0.0803 e. The van der Waals surface area contributed by atoms with Gasteiger partial charge in [0.25, 0.3) is 0 Å². The van der Waals surface area contributed by atoms with Gasteiger partial charge >= 0.3 is 0 Å². The van der Waals surface area contributed by atoms with Gasteiger partial charge in [0.2, 0.25) is 0 Å². The minimum absolute atomic E-state index is 0.297. The second-order valence-corrected chi connectivity index (χ2v) is 5.47. The van der Waals surface area contributed by atoms with E-state index in [1.165, 1.54) is 29.3 Å². The lowest BCUT2D eigenvalue weighted by atomic mass is 10.0. The second kappa shape index (κ2) is 6.18. The normalized spacial score (nSPS) is 13.1. The highest BCUT2D eigenvalue weighted by Gasteiger charge is 2.11. The van der Waals surface area contributed by atoms with Gasteiger partial charge in [0.05, 0.1) is 6.10 Å². The second-order valence-electron chi connectivity index (χ2n) is 4.55. The summed E-state index contributed by atoms with van der Waals surface area (Å²) in [5.41, 5.74) is 1.11. The van der Waals surface area contributed by atoms with Crippen molar-refractivity contribution in [3.8, 4) is 0 Å². The van der Waals surface area contributed by atoms with E-state index in [9.17, 15) is 5.11 Å². The van der Waals surface area contributed by atoms with Gasteiger partial charge in [0, 0.05) is 4.70 Å². The van der Waals surface area contributed by atoms with E-state index in [0.29, 0.717) is 0 Å². The number of rotatable bonds is 6. The van der Waals surface area contributed by atoms with E-state index in [-0.39, 0.29) is 6.10 Å². The summed E-state index contributed by atoms with van der Waals surface area (Å²) in [5.74, 6) is 0. The zero-order chi connectivity index (χ0) is 12.1. The van der Waals surface area contributed by atoms with Gasteiger partial charge in [-0.05, 0) is 28.8 Å². The number of hydrogen-bond donors (Lipinski definition) is 1. The summed E-state index contributed by atoms with van der Waals surface area (Å²) in [6, 6.07) is 8.33. The smallest absolute Gasteiger partial charge is 0.0803 e. The Morgan fingerprint density at radius 3 is 2.88 bits per heavy atom. The molecular formula is C15H20OS. The van der Waals surface area contributed by atoms with E-state index < -0.39 is 0 Å². The van der Waals surface area contributed by atoms with E-state index in [2.05, 4.69) is 30.5 Å². The van der Waals surface area contributed by atoms with Crippen LogP contribution in [0, 0.1) is 0 Å². The van der Waals surface area contributed by atoms with Gasteiger partial charge in [-0.3, -0.25) is 0 Å². The van der Waals surface area contributed by atoms with Crippen LogP contribution in [-0.4, -0.2) is 5.11 Å². The van der Waals surface area contributed by atoms with Crippen LogP contribution in [0.4, 0.5) is 0 Å². The molecule has 0 aliphatic carbocycles. The average molecular weight is 248 g/mol. The Labute approximate surface area is 107 Å². The first-order valence-electron chi connectivity index (χ1n) is 6.47. The van der Waals surface area contributed by atoms with Crippen LogP contribution in [0.3, 0.4) is 0 Å². The number of aliphatic hydroxyl groups is 1. The zero-order valence-corrected chi connectivity index (χ0v) is 11.2. The molecule has 1 aromatic heterocycles. The van der Waals surface area contributed by atoms with Crippen LogP contribution >= 0.6 is 11.3 Å². The molecule has 0 aliphatic rings. The SMILES string of the molecule is CCCCCCC(O)c1cccc2ccsc12. The topological polar surface area (TPSA) is 20.2 Å². The van der Waals surface area contributed by atoms with Gasteiger partial charge < -0.3 is 5.11 Å². The monoisotopic (exact) mass is 248 g/mol. The highest BCUT2D eigenvalue weighted by atomic mass is 32.1. The lowest BCUT2D eigenvalue weighted by Gasteiger charge is -2.11. The Morgan fingerprint density at radius 2 is 2.06 bits per heavy atom. The number of fused-ring (bicyclic) bond motifs is 1. The molecule has 0 bridgehead atoms. The van der Waals surface area contributed by atoms with Crippen molar-refractivity contribution in [1.82, 2.24) is 0 Å². The van der Waals surface area contributed by atoms with Crippen molar-refractivity contribution >= 4 is 21.4 Å². The van der Waals surface area contributed by atoms with Crippen LogP contribution in [0.15, 0.2) is 29.6 Å². The maximum absolute atomic E-state index is 10.2. The van der Waals surface area contributed by atoms with E-state index in [1.54, 1.807) is 11.3 Å². The van der Waals surface area contributed by atoms with Crippen molar-refractivity contribution < 1.29 is 5.11 Å². The van der Waals surface area contributed by atoms with Crippen molar-refractivity contribution in [2.75, 3.05) is 0 Å². The molecule has 17 heavy (non-hydrogen) atoms. The van der Waals surface area contributed by atoms with Crippen molar-refractivity contribution in [3.63, 3.8) is 0 Å². The summed E-state index contributed by atoms with van der Waals surface area (Å²) in [4.78, 5) is 0. The number of aliphatic hydroxyl groups excluding tert-OH is 1. The molecule has 92 valence electrons. The first kappa shape index (κ1) is 12.6. The van der Waals surface area contributed by atoms with Crippen molar-refractivity contribution in [3.05, 3.63) is 35.2 Å². The summed E-state index contributed by atoms with van der Waals surface area (Å²) in [6.07, 6.45) is 5.46. The number of unbranched alkanes of at least 4 members (excludes halogenated alkanes) is 3. The number of hydrogen-bond acceptors (Lipinski definition) is 2. The largest absolute Gasteiger partial charge is 0.388 e. The standard InChI is InChI=1S/C15H20OS/c1-2-3-4-5-9-14(16)13-8-6-7-12-10-11-17-15(12)13/h6-8,10-11,14,16H,2-5,9H2,1H3. The van der Waals surface area contributed by atoms with E-state index in [0.717, 1.165) is 18.4 Å². The van der Waals surface area contributed by atoms with Gasteiger partial charge in [-0.1, -0.05) is 50.8 Å². The Kier molecular flexibility index (Phi) is 4.57. The average Bonchev–Trinajstić information content (AvgIpc) is 2.82. The van der Waals surface area contributed by atoms with Crippen molar-refractivity contribution in [2.45, 2.75) is 45.1 Å². The zero-order valence-electron chi connectivity index (χ0n) is 10.4. The predicted octanol–water partition coefficient (Wildman–Crippen LogP) is 4.91. The highest BCUT2D eigenvalue weighted by Crippen LogP contribution is 2.31. The molecule has 0 saturated heterocycles. The summed E-state index contributed by atoms with van der Waals surface area (Å²) in [6.45, 7) is 2.21. The lowest BCUT2D eigenvalue weighted by Crippen LogP contribution is -1.97. The molecule has 2 rings (SSSR count). The van der Waals surface area contributed by atoms with Gasteiger partial charge in [-0.15, -0.1) is 11.3 Å². The molecule has 1 nitrogen and oxygen atoms in total. The summed E-state index contributed by atoms with van der Waals surface area (Å²) >= 11 is 1.73. The Balaban J connectivity index is 2.03. The molecule has 0 saturated carbocycles. The lowest BCUT2D eigenvalue weighted by molar-refractivity contribution is 0.165. The number of benzene rings is 1. The first-order chi connectivity index (χ1) is 8.33. The van der Waals surface area contributed by atoms with Crippen LogP contribution in [0.25, 0.3) is 10.1 Å². The molecule has 2 heteroatoms. The number of thiophene rings is 1. The molecule has 1 unspecified atom stereocenters. The van der Waals surface area contributed by atoms with Gasteiger partial charge in [-0.25, -0.2) is 0 Å². The highest BCUT2D eigenvalue weighted by molar-refractivity contribution is 7.17. The fraction of sp³-hybridized carbons (Fsp3) is 0.467. The van der Waals surface area contributed by atoms with E-state index in [4.69, 9.17) is 0 Å². The van der Waals surface area contributed by atoms with Crippen LogP contribution in [-0.2, 0) is 0 Å². The van der Waals surface area contributed by atoms with Crippen LogP contribution in [0.2, 0.25) is 0 Å². The third-order valence-corrected chi connectivity index (χ3v) is 4.18. The molecule has 2 aromatic rings. The fourth-order valence-corrected chi connectivity index (χ4v) is 3.16. The van der Waals surface area contributed by atoms with Gasteiger partial charge in [-0.2, -0.15) is 0 Å². The first-order valence-corrected chi connectivity index (χ1v) is 7.35. The quantitative estimate of drug-likeness (QED) is 0.720. The van der Waals surface area contributed by atoms with Crippen LogP contribution < -0.4 is 0 Å². The third-order valence-electron chi connectivity index (χ3n) is 3.20. The Bertz CT molecular complexity index is 461. The van der Waals surface area contributed by atoms with E-state index >= 15 is 0 Å². The predicted molar refractivity (Wildman–Crippen MR) is 75.5 cm³/mol. The molecular weight excluding hydrogens is 228 g/mol. The minimum Gasteiger partial charge on any atom is -0.388 e. The van der Waals surface area contributed by atoms with Crippen LogP contribution in [0.5, 0.6) is 0 Å². The molecule has 1 atom stereocenters. The molecule has 1 heterocycles. The van der Waals surface area contributed by atoms with Gasteiger partial charge in [0.1, 0.15) is 0 Å². The summed E-state index contributed by atoms with van der Waals surface area (Å²) < 4.78 is 1.25. The third kappa shape index (κ3) is 3.08.